The molecule has 2 aromatic rings. The molecule has 0 saturated heterocycles. The lowest BCUT2D eigenvalue weighted by molar-refractivity contribution is 0.561. The Bertz CT molecular complexity index is 666. The van der Waals surface area contributed by atoms with E-state index in [4.69, 9.17) is 23.8 Å². The molecule has 1 aromatic carbocycles. The van der Waals surface area contributed by atoms with E-state index in [9.17, 15) is 0 Å². The third-order valence-electron chi connectivity index (χ3n) is 3.52. The first-order chi connectivity index (χ1) is 10.5. The Morgan fingerprint density at radius 1 is 1.32 bits per heavy atom. The predicted molar refractivity (Wildman–Crippen MR) is 96.7 cm³/mol. The maximum Gasteiger partial charge on any atom is 0.170 e. The molecule has 0 bridgehead atoms. The van der Waals surface area contributed by atoms with E-state index in [0.717, 1.165) is 30.9 Å². The summed E-state index contributed by atoms with van der Waals surface area (Å²) in [7, 11) is 0. The molecular formula is C16H21ClN4S. The first-order valence-corrected chi connectivity index (χ1v) is 8.06. The zero-order valence-corrected chi connectivity index (χ0v) is 14.7. The van der Waals surface area contributed by atoms with Crippen LogP contribution in [0.5, 0.6) is 0 Å². The van der Waals surface area contributed by atoms with Crippen LogP contribution in [-0.2, 0) is 6.54 Å². The number of benzene rings is 1. The van der Waals surface area contributed by atoms with Crippen molar-refractivity contribution in [3.05, 3.63) is 46.2 Å². The molecule has 0 aliphatic heterocycles. The molecule has 22 heavy (non-hydrogen) atoms. The zero-order chi connectivity index (χ0) is 16.1. The number of aromatic nitrogens is 2. The number of anilines is 1. The second-order valence-electron chi connectivity index (χ2n) is 5.35. The Labute approximate surface area is 141 Å². The van der Waals surface area contributed by atoms with Gasteiger partial charge in [-0.2, -0.15) is 5.10 Å². The van der Waals surface area contributed by atoms with Crippen molar-refractivity contribution in [3.63, 3.8) is 0 Å². The second-order valence-corrected chi connectivity index (χ2v) is 6.17. The second kappa shape index (κ2) is 7.61. The van der Waals surface area contributed by atoms with Gasteiger partial charge in [0.1, 0.15) is 0 Å². The van der Waals surface area contributed by atoms with Crippen LogP contribution >= 0.6 is 23.8 Å². The van der Waals surface area contributed by atoms with Crippen LogP contribution in [0.3, 0.4) is 0 Å². The summed E-state index contributed by atoms with van der Waals surface area (Å²) < 4.78 is 1.91. The standard InChI is InChI=1S/C16H21ClN4S/c1-11-5-6-12(2)15(9-11)20-16(22)18-7-4-8-21-13(3)14(17)10-19-21/h5-6,9-10H,4,7-8H2,1-3H3,(H2,18,20,22). The van der Waals surface area contributed by atoms with Crippen LogP contribution in [0.25, 0.3) is 0 Å². The molecule has 0 unspecified atom stereocenters. The van der Waals surface area contributed by atoms with Gasteiger partial charge in [0.2, 0.25) is 0 Å². The number of halogens is 1. The Morgan fingerprint density at radius 3 is 2.77 bits per heavy atom. The number of rotatable bonds is 5. The molecule has 0 aliphatic rings. The van der Waals surface area contributed by atoms with Crippen LogP contribution in [0.1, 0.15) is 23.2 Å². The molecule has 1 heterocycles. The summed E-state index contributed by atoms with van der Waals surface area (Å²) in [4.78, 5) is 0. The zero-order valence-electron chi connectivity index (χ0n) is 13.1. The van der Waals surface area contributed by atoms with E-state index in [1.165, 1.54) is 11.1 Å². The van der Waals surface area contributed by atoms with E-state index in [-0.39, 0.29) is 0 Å². The molecule has 0 saturated carbocycles. The van der Waals surface area contributed by atoms with E-state index in [1.807, 2.05) is 11.6 Å². The summed E-state index contributed by atoms with van der Waals surface area (Å²) in [6.45, 7) is 7.70. The summed E-state index contributed by atoms with van der Waals surface area (Å²) >= 11 is 11.3. The smallest absolute Gasteiger partial charge is 0.170 e. The van der Waals surface area contributed by atoms with Gasteiger partial charge in [-0.1, -0.05) is 23.7 Å². The van der Waals surface area contributed by atoms with Crippen LogP contribution in [0.4, 0.5) is 5.69 Å². The van der Waals surface area contributed by atoms with Gasteiger partial charge in [0.05, 0.1) is 16.9 Å². The molecule has 118 valence electrons. The van der Waals surface area contributed by atoms with E-state index in [1.54, 1.807) is 6.20 Å². The average molecular weight is 337 g/mol. The molecule has 0 atom stereocenters. The highest BCUT2D eigenvalue weighted by atomic mass is 35.5. The number of nitrogens with one attached hydrogen (secondary N) is 2. The van der Waals surface area contributed by atoms with Gasteiger partial charge in [0.25, 0.3) is 0 Å². The quantitative estimate of drug-likeness (QED) is 0.643. The molecule has 6 heteroatoms. The van der Waals surface area contributed by atoms with Crippen molar-refractivity contribution in [1.29, 1.82) is 0 Å². The summed E-state index contributed by atoms with van der Waals surface area (Å²) in [6, 6.07) is 6.28. The maximum atomic E-state index is 5.98. The van der Waals surface area contributed by atoms with Gasteiger partial charge in [-0.25, -0.2) is 0 Å². The largest absolute Gasteiger partial charge is 0.362 e. The number of thiocarbonyl (C=S) groups is 1. The molecule has 0 spiro atoms. The molecule has 4 nitrogen and oxygen atoms in total. The normalized spacial score (nSPS) is 10.5. The number of hydrogen-bond acceptors (Lipinski definition) is 2. The molecule has 0 fully saturated rings. The SMILES string of the molecule is Cc1ccc(C)c(NC(=S)NCCCn2ncc(Cl)c2C)c1. The lowest BCUT2D eigenvalue weighted by Gasteiger charge is -2.13. The Morgan fingerprint density at radius 2 is 2.09 bits per heavy atom. The van der Waals surface area contributed by atoms with Crippen LogP contribution < -0.4 is 10.6 Å². The first-order valence-electron chi connectivity index (χ1n) is 7.27. The lowest BCUT2D eigenvalue weighted by Crippen LogP contribution is -2.30. The highest BCUT2D eigenvalue weighted by Crippen LogP contribution is 2.16. The molecule has 2 rings (SSSR count). The highest BCUT2D eigenvalue weighted by Gasteiger charge is 2.04. The van der Waals surface area contributed by atoms with Crippen molar-refractivity contribution in [3.8, 4) is 0 Å². The van der Waals surface area contributed by atoms with Gasteiger partial charge in [0.15, 0.2) is 5.11 Å². The van der Waals surface area contributed by atoms with Crippen LogP contribution in [-0.4, -0.2) is 21.4 Å². The van der Waals surface area contributed by atoms with E-state index in [2.05, 4.69) is 47.8 Å². The lowest BCUT2D eigenvalue weighted by atomic mass is 10.1. The average Bonchev–Trinajstić information content (AvgIpc) is 2.79. The van der Waals surface area contributed by atoms with Gasteiger partial charge in [0, 0.05) is 18.8 Å². The summed E-state index contributed by atoms with van der Waals surface area (Å²) in [6.07, 6.45) is 2.60. The monoisotopic (exact) mass is 336 g/mol. The van der Waals surface area contributed by atoms with Gasteiger partial charge < -0.3 is 10.6 Å². The fourth-order valence-electron chi connectivity index (χ4n) is 2.12. The number of hydrogen-bond donors (Lipinski definition) is 2. The minimum atomic E-state index is 0.643. The van der Waals surface area contributed by atoms with Gasteiger partial charge >= 0.3 is 0 Å². The Balaban J connectivity index is 1.76. The Kier molecular flexibility index (Phi) is 5.80. The fourth-order valence-corrected chi connectivity index (χ4v) is 2.47. The van der Waals surface area contributed by atoms with E-state index < -0.39 is 0 Å². The van der Waals surface area contributed by atoms with Crippen molar-refractivity contribution < 1.29 is 0 Å². The first kappa shape index (κ1) is 16.8. The van der Waals surface area contributed by atoms with Crippen molar-refractivity contribution >= 4 is 34.6 Å². The topological polar surface area (TPSA) is 41.9 Å². The molecule has 0 amide bonds. The van der Waals surface area contributed by atoms with Crippen molar-refractivity contribution in [1.82, 2.24) is 15.1 Å². The van der Waals surface area contributed by atoms with Gasteiger partial charge in [-0.3, -0.25) is 4.68 Å². The molecule has 1 aromatic heterocycles. The Hall–Kier alpha value is -1.59. The summed E-state index contributed by atoms with van der Waals surface area (Å²) in [5.74, 6) is 0. The predicted octanol–water partition coefficient (Wildman–Crippen LogP) is 3.84. The number of aryl methyl sites for hydroxylation is 3. The third kappa shape index (κ3) is 4.45. The fraction of sp³-hybridized carbons (Fsp3) is 0.375. The van der Waals surface area contributed by atoms with Gasteiger partial charge in [-0.05, 0) is 56.6 Å². The van der Waals surface area contributed by atoms with E-state index >= 15 is 0 Å². The molecule has 0 aliphatic carbocycles. The summed E-state index contributed by atoms with van der Waals surface area (Å²) in [5, 5.41) is 12.0. The summed E-state index contributed by atoms with van der Waals surface area (Å²) in [5.41, 5.74) is 4.43. The third-order valence-corrected chi connectivity index (χ3v) is 4.13. The molecular weight excluding hydrogens is 316 g/mol. The van der Waals surface area contributed by atoms with Gasteiger partial charge in [-0.15, -0.1) is 0 Å². The molecule has 2 N–H and O–H groups in total. The van der Waals surface area contributed by atoms with Crippen LogP contribution in [0.2, 0.25) is 5.02 Å². The minimum Gasteiger partial charge on any atom is -0.362 e. The van der Waals surface area contributed by atoms with Crippen LogP contribution in [0.15, 0.2) is 24.4 Å². The van der Waals surface area contributed by atoms with Crippen molar-refractivity contribution in [2.24, 2.45) is 0 Å². The van der Waals surface area contributed by atoms with E-state index in [0.29, 0.717) is 10.1 Å². The highest BCUT2D eigenvalue weighted by molar-refractivity contribution is 7.80. The van der Waals surface area contributed by atoms with Crippen molar-refractivity contribution in [2.45, 2.75) is 33.7 Å². The molecule has 0 radical (unpaired) electrons. The number of nitrogens with zero attached hydrogens (tertiary/aromatic N) is 2. The maximum absolute atomic E-state index is 5.98. The van der Waals surface area contributed by atoms with Crippen LogP contribution in [0, 0.1) is 20.8 Å². The minimum absolute atomic E-state index is 0.643. The van der Waals surface area contributed by atoms with Crippen molar-refractivity contribution in [2.75, 3.05) is 11.9 Å².